The number of aromatic amines is 1. The van der Waals surface area contributed by atoms with Crippen molar-refractivity contribution in [1.29, 1.82) is 0 Å². The van der Waals surface area contributed by atoms with Crippen LogP contribution in [0.4, 0.5) is 0 Å². The van der Waals surface area contributed by atoms with Crippen molar-refractivity contribution >= 4 is 28.1 Å². The Morgan fingerprint density at radius 1 is 1.15 bits per heavy atom. The highest BCUT2D eigenvalue weighted by atomic mass is 32.1. The van der Waals surface area contributed by atoms with Crippen molar-refractivity contribution in [2.45, 2.75) is 26.3 Å². The topological polar surface area (TPSA) is 57.8 Å². The number of aromatic nitrogens is 2. The van der Waals surface area contributed by atoms with Crippen LogP contribution in [0.25, 0.3) is 21.5 Å². The molecule has 2 heterocycles. The highest BCUT2D eigenvalue weighted by Gasteiger charge is 2.18. The van der Waals surface area contributed by atoms with E-state index in [9.17, 15) is 4.79 Å². The molecule has 0 radical (unpaired) electrons. The zero-order valence-electron chi connectivity index (χ0n) is 15.3. The third kappa shape index (κ3) is 3.64. The van der Waals surface area contributed by atoms with E-state index in [1.165, 1.54) is 22.3 Å². The van der Waals surface area contributed by atoms with Crippen molar-refractivity contribution in [3.05, 3.63) is 76.9 Å². The van der Waals surface area contributed by atoms with Crippen molar-refractivity contribution in [2.75, 3.05) is 0 Å². The zero-order valence-corrected chi connectivity index (χ0v) is 16.1. The number of carbonyl (C=O) groups excluding carboxylic acids is 1. The van der Waals surface area contributed by atoms with Gasteiger partial charge in [0.1, 0.15) is 9.88 Å². The number of para-hydroxylation sites is 1. The van der Waals surface area contributed by atoms with Crippen molar-refractivity contribution < 1.29 is 4.79 Å². The Hall–Kier alpha value is -2.92. The van der Waals surface area contributed by atoms with E-state index in [1.54, 1.807) is 0 Å². The van der Waals surface area contributed by atoms with Crippen LogP contribution < -0.4 is 5.32 Å². The first-order chi connectivity index (χ1) is 13.1. The Labute approximate surface area is 162 Å². The second-order valence-electron chi connectivity index (χ2n) is 6.74. The Kier molecular flexibility index (Phi) is 4.77. The first-order valence-corrected chi connectivity index (χ1v) is 9.82. The number of benzene rings is 2. The Morgan fingerprint density at radius 3 is 2.70 bits per heavy atom. The summed E-state index contributed by atoms with van der Waals surface area (Å²) in [6.07, 6.45) is 2.80. The van der Waals surface area contributed by atoms with E-state index >= 15 is 0 Å². The van der Waals surface area contributed by atoms with E-state index < -0.39 is 0 Å². The maximum absolute atomic E-state index is 12.8. The van der Waals surface area contributed by atoms with Crippen molar-refractivity contribution in [1.82, 2.24) is 15.3 Å². The number of amides is 1. The summed E-state index contributed by atoms with van der Waals surface area (Å²) in [5.41, 5.74) is 4.15. The number of carbonyl (C=O) groups is 1. The van der Waals surface area contributed by atoms with Gasteiger partial charge in [0.25, 0.3) is 5.91 Å². The van der Waals surface area contributed by atoms with Crippen molar-refractivity contribution in [3.8, 4) is 10.6 Å². The van der Waals surface area contributed by atoms with Gasteiger partial charge in [-0.15, -0.1) is 11.3 Å². The molecule has 4 nitrogen and oxygen atoms in total. The molecule has 0 spiro atoms. The summed E-state index contributed by atoms with van der Waals surface area (Å²) in [4.78, 5) is 21.3. The van der Waals surface area contributed by atoms with E-state index in [4.69, 9.17) is 0 Å². The van der Waals surface area contributed by atoms with Gasteiger partial charge in [0.15, 0.2) is 0 Å². The standard InChI is InChI=1S/C22H21N3OS/c1-14(12-17-13-23-19-11-7-6-10-18(17)19)24-21(26)20-15(2)25-22(27-20)16-8-4-3-5-9-16/h3-11,13-14,23H,12H2,1-2H3,(H,24,26)/t14-/m1/s1. The molecule has 4 rings (SSSR count). The molecule has 0 bridgehead atoms. The normalized spacial score (nSPS) is 12.2. The van der Waals surface area contributed by atoms with Gasteiger partial charge in [0, 0.05) is 28.7 Å². The van der Waals surface area contributed by atoms with E-state index in [-0.39, 0.29) is 11.9 Å². The van der Waals surface area contributed by atoms with Crippen molar-refractivity contribution in [2.24, 2.45) is 0 Å². The smallest absolute Gasteiger partial charge is 0.263 e. The lowest BCUT2D eigenvalue weighted by atomic mass is 10.1. The minimum Gasteiger partial charge on any atom is -0.361 e. The van der Waals surface area contributed by atoms with Gasteiger partial charge in [0.05, 0.1) is 5.69 Å². The van der Waals surface area contributed by atoms with Gasteiger partial charge < -0.3 is 10.3 Å². The van der Waals surface area contributed by atoms with Crippen LogP contribution in [0.3, 0.4) is 0 Å². The van der Waals surface area contributed by atoms with Gasteiger partial charge in [-0.1, -0.05) is 48.5 Å². The van der Waals surface area contributed by atoms with Gasteiger partial charge in [-0.05, 0) is 31.9 Å². The predicted octanol–water partition coefficient (Wildman–Crippen LogP) is 4.96. The minimum absolute atomic E-state index is 0.0263. The number of aryl methyl sites for hydroxylation is 1. The highest BCUT2D eigenvalue weighted by Crippen LogP contribution is 2.28. The van der Waals surface area contributed by atoms with Crippen LogP contribution in [-0.2, 0) is 6.42 Å². The second kappa shape index (κ2) is 7.37. The lowest BCUT2D eigenvalue weighted by Gasteiger charge is -2.13. The fourth-order valence-electron chi connectivity index (χ4n) is 3.28. The molecule has 0 aliphatic carbocycles. The van der Waals surface area contributed by atoms with Crippen LogP contribution in [0.2, 0.25) is 0 Å². The van der Waals surface area contributed by atoms with Crippen LogP contribution in [0.5, 0.6) is 0 Å². The first-order valence-electron chi connectivity index (χ1n) is 9.00. The molecule has 0 aliphatic rings. The van der Waals surface area contributed by atoms with Gasteiger partial charge in [-0.3, -0.25) is 4.79 Å². The van der Waals surface area contributed by atoms with Crippen molar-refractivity contribution in [3.63, 3.8) is 0 Å². The average molecular weight is 375 g/mol. The molecule has 1 atom stereocenters. The number of fused-ring (bicyclic) bond motifs is 1. The van der Waals surface area contributed by atoms with Gasteiger partial charge in [0.2, 0.25) is 0 Å². The summed E-state index contributed by atoms with van der Waals surface area (Å²) in [7, 11) is 0. The molecule has 4 aromatic rings. The number of rotatable bonds is 5. The van der Waals surface area contributed by atoms with Gasteiger partial charge in [-0.2, -0.15) is 0 Å². The average Bonchev–Trinajstić information content (AvgIpc) is 3.26. The molecular weight excluding hydrogens is 354 g/mol. The second-order valence-corrected chi connectivity index (χ2v) is 7.74. The lowest BCUT2D eigenvalue weighted by Crippen LogP contribution is -2.33. The Morgan fingerprint density at radius 2 is 1.89 bits per heavy atom. The number of thiazole rings is 1. The Bertz CT molecular complexity index is 1080. The van der Waals surface area contributed by atoms with Crippen LogP contribution in [0, 0.1) is 6.92 Å². The number of hydrogen-bond donors (Lipinski definition) is 2. The van der Waals surface area contributed by atoms with Crippen LogP contribution in [0.1, 0.15) is 27.9 Å². The maximum Gasteiger partial charge on any atom is 0.263 e. The van der Waals surface area contributed by atoms with Crippen LogP contribution >= 0.6 is 11.3 Å². The largest absolute Gasteiger partial charge is 0.361 e. The van der Waals surface area contributed by atoms with E-state index in [1.807, 2.05) is 62.5 Å². The number of H-pyrrole nitrogens is 1. The van der Waals surface area contributed by atoms with Gasteiger partial charge in [-0.25, -0.2) is 4.98 Å². The minimum atomic E-state index is -0.0560. The zero-order chi connectivity index (χ0) is 18.8. The summed E-state index contributed by atoms with van der Waals surface area (Å²) in [6, 6.07) is 18.2. The molecule has 0 unspecified atom stereocenters. The highest BCUT2D eigenvalue weighted by molar-refractivity contribution is 7.17. The molecule has 0 saturated heterocycles. The molecule has 136 valence electrons. The first kappa shape index (κ1) is 17.5. The molecule has 1 amide bonds. The SMILES string of the molecule is Cc1nc(-c2ccccc2)sc1C(=O)N[C@H](C)Cc1c[nH]c2ccccc12. The lowest BCUT2D eigenvalue weighted by molar-refractivity contribution is 0.0943. The van der Waals surface area contributed by atoms with E-state index in [0.29, 0.717) is 4.88 Å². The van der Waals surface area contributed by atoms with E-state index in [2.05, 4.69) is 27.4 Å². The number of nitrogens with zero attached hydrogens (tertiary/aromatic N) is 1. The number of nitrogens with one attached hydrogen (secondary N) is 2. The van der Waals surface area contributed by atoms with Crippen LogP contribution in [0.15, 0.2) is 60.8 Å². The molecule has 0 fully saturated rings. The molecule has 2 aromatic heterocycles. The fourth-order valence-corrected chi connectivity index (χ4v) is 4.26. The third-order valence-corrected chi connectivity index (χ3v) is 5.81. The summed E-state index contributed by atoms with van der Waals surface area (Å²) in [5, 5.41) is 5.21. The molecular formula is C22H21N3OS. The van der Waals surface area contributed by atoms with Gasteiger partial charge >= 0.3 is 0 Å². The maximum atomic E-state index is 12.8. The summed E-state index contributed by atoms with van der Waals surface area (Å²) < 4.78 is 0. The summed E-state index contributed by atoms with van der Waals surface area (Å²) >= 11 is 1.44. The molecule has 0 aliphatic heterocycles. The summed E-state index contributed by atoms with van der Waals surface area (Å²) in [5.74, 6) is -0.0560. The Balaban J connectivity index is 1.48. The van der Waals surface area contributed by atoms with E-state index in [0.717, 1.165) is 28.2 Å². The molecule has 5 heteroatoms. The van der Waals surface area contributed by atoms with Crippen LogP contribution in [-0.4, -0.2) is 21.9 Å². The summed E-state index contributed by atoms with van der Waals surface area (Å²) in [6.45, 7) is 3.93. The molecule has 2 N–H and O–H groups in total. The molecule has 0 saturated carbocycles. The quantitative estimate of drug-likeness (QED) is 0.518. The number of hydrogen-bond acceptors (Lipinski definition) is 3. The third-order valence-electron chi connectivity index (χ3n) is 4.60. The monoisotopic (exact) mass is 375 g/mol. The molecule has 2 aromatic carbocycles. The fraction of sp³-hybridized carbons (Fsp3) is 0.182. The predicted molar refractivity (Wildman–Crippen MR) is 111 cm³/mol. The molecule has 27 heavy (non-hydrogen) atoms.